The van der Waals surface area contributed by atoms with Crippen LogP contribution in [0.4, 0.5) is 0 Å². The van der Waals surface area contributed by atoms with Gasteiger partial charge >= 0.3 is 5.97 Å². The number of rotatable bonds is 6. The van der Waals surface area contributed by atoms with E-state index in [9.17, 15) is 4.79 Å². The van der Waals surface area contributed by atoms with Gasteiger partial charge in [-0.15, -0.1) is 11.8 Å². The molecule has 0 aromatic heterocycles. The summed E-state index contributed by atoms with van der Waals surface area (Å²) in [5.41, 5.74) is 0.917. The van der Waals surface area contributed by atoms with Crippen LogP contribution in [0.1, 0.15) is 15.9 Å². The normalized spacial score (nSPS) is 10.2. The lowest BCUT2D eigenvalue weighted by Crippen LogP contribution is -2.03. The van der Waals surface area contributed by atoms with Gasteiger partial charge in [-0.2, -0.15) is 0 Å². The molecule has 2 aromatic rings. The first-order chi connectivity index (χ1) is 10.2. The van der Waals surface area contributed by atoms with Crippen molar-refractivity contribution in [1.82, 2.24) is 0 Å². The molecule has 0 saturated heterocycles. The molecular formula is C16H16O4S. The van der Waals surface area contributed by atoms with E-state index in [1.807, 2.05) is 30.5 Å². The van der Waals surface area contributed by atoms with Crippen molar-refractivity contribution < 1.29 is 19.4 Å². The average Bonchev–Trinajstić information content (AvgIpc) is 2.52. The molecule has 0 aliphatic heterocycles. The molecule has 0 spiro atoms. The van der Waals surface area contributed by atoms with Crippen molar-refractivity contribution in [3.63, 3.8) is 0 Å². The summed E-state index contributed by atoms with van der Waals surface area (Å²) in [6.45, 7) is 0.307. The highest BCUT2D eigenvalue weighted by Gasteiger charge is 2.12. The predicted molar refractivity (Wildman–Crippen MR) is 82.5 cm³/mol. The van der Waals surface area contributed by atoms with Crippen LogP contribution < -0.4 is 9.47 Å². The van der Waals surface area contributed by atoms with Crippen molar-refractivity contribution in [3.05, 3.63) is 53.6 Å². The van der Waals surface area contributed by atoms with Crippen LogP contribution in [0.25, 0.3) is 0 Å². The van der Waals surface area contributed by atoms with Crippen LogP contribution in [-0.4, -0.2) is 24.4 Å². The quantitative estimate of drug-likeness (QED) is 0.825. The third-order valence-corrected chi connectivity index (χ3v) is 3.73. The Morgan fingerprint density at radius 3 is 2.62 bits per heavy atom. The maximum Gasteiger partial charge on any atom is 0.339 e. The van der Waals surface area contributed by atoms with Gasteiger partial charge in [-0.1, -0.05) is 18.2 Å². The molecule has 0 radical (unpaired) electrons. The monoisotopic (exact) mass is 304 g/mol. The zero-order valence-corrected chi connectivity index (χ0v) is 12.6. The van der Waals surface area contributed by atoms with E-state index in [1.165, 1.54) is 7.11 Å². The molecule has 21 heavy (non-hydrogen) atoms. The Morgan fingerprint density at radius 2 is 1.95 bits per heavy atom. The number of benzene rings is 2. The zero-order valence-electron chi connectivity index (χ0n) is 11.8. The van der Waals surface area contributed by atoms with Crippen molar-refractivity contribution in [1.29, 1.82) is 0 Å². The number of ether oxygens (including phenoxy) is 2. The number of hydrogen-bond acceptors (Lipinski definition) is 4. The van der Waals surface area contributed by atoms with Gasteiger partial charge in [0, 0.05) is 4.90 Å². The summed E-state index contributed by atoms with van der Waals surface area (Å²) in [5.74, 6) is 0.117. The average molecular weight is 304 g/mol. The van der Waals surface area contributed by atoms with Crippen LogP contribution >= 0.6 is 11.8 Å². The minimum Gasteiger partial charge on any atom is -0.496 e. The second-order valence-corrected chi connectivity index (χ2v) is 5.13. The lowest BCUT2D eigenvalue weighted by atomic mass is 10.1. The van der Waals surface area contributed by atoms with Gasteiger partial charge in [0.25, 0.3) is 0 Å². The summed E-state index contributed by atoms with van der Waals surface area (Å²) in [7, 11) is 1.45. The van der Waals surface area contributed by atoms with E-state index in [1.54, 1.807) is 30.0 Å². The summed E-state index contributed by atoms with van der Waals surface area (Å²) in [5, 5.41) is 9.16. The van der Waals surface area contributed by atoms with Crippen molar-refractivity contribution >= 4 is 17.7 Å². The van der Waals surface area contributed by atoms with Crippen molar-refractivity contribution in [2.24, 2.45) is 0 Å². The number of carboxylic acids is 1. The van der Waals surface area contributed by atoms with E-state index < -0.39 is 5.97 Å². The summed E-state index contributed by atoms with van der Waals surface area (Å²) in [6.07, 6.45) is 1.98. The highest BCUT2D eigenvalue weighted by Crippen LogP contribution is 2.28. The maximum atomic E-state index is 11.2. The summed E-state index contributed by atoms with van der Waals surface area (Å²) in [6, 6.07) is 12.8. The first-order valence-electron chi connectivity index (χ1n) is 6.31. The molecule has 0 atom stereocenters. The fourth-order valence-corrected chi connectivity index (χ4v) is 2.45. The van der Waals surface area contributed by atoms with E-state index in [2.05, 4.69) is 0 Å². The summed E-state index contributed by atoms with van der Waals surface area (Å²) >= 11 is 1.61. The Hall–Kier alpha value is -2.14. The molecule has 110 valence electrons. The number of para-hydroxylation sites is 1. The molecule has 0 aliphatic rings. The van der Waals surface area contributed by atoms with Crippen molar-refractivity contribution in [2.45, 2.75) is 11.5 Å². The smallest absolute Gasteiger partial charge is 0.339 e. The van der Waals surface area contributed by atoms with Gasteiger partial charge in [0.15, 0.2) is 0 Å². The standard InChI is InChI=1S/C16H16O4S/c1-19-13-8-7-11(9-12(13)16(17)18)10-20-14-5-3-4-6-15(14)21-2/h3-9H,10H2,1-2H3,(H,17,18). The van der Waals surface area contributed by atoms with Gasteiger partial charge in [0.1, 0.15) is 23.7 Å². The van der Waals surface area contributed by atoms with Crippen molar-refractivity contribution in [3.8, 4) is 11.5 Å². The van der Waals surface area contributed by atoms with Gasteiger partial charge in [-0.25, -0.2) is 4.79 Å². The molecule has 0 saturated carbocycles. The van der Waals surface area contributed by atoms with E-state index in [-0.39, 0.29) is 5.56 Å². The van der Waals surface area contributed by atoms with Gasteiger partial charge in [0.05, 0.1) is 7.11 Å². The Kier molecular flexibility index (Phi) is 5.11. The molecule has 0 unspecified atom stereocenters. The molecule has 0 heterocycles. The van der Waals surface area contributed by atoms with Crippen LogP contribution in [0.2, 0.25) is 0 Å². The second kappa shape index (κ2) is 7.04. The minimum atomic E-state index is -1.02. The van der Waals surface area contributed by atoms with Crippen LogP contribution in [-0.2, 0) is 6.61 Å². The predicted octanol–water partition coefficient (Wildman–Crippen LogP) is 3.69. The van der Waals surface area contributed by atoms with Crippen LogP contribution in [0.15, 0.2) is 47.4 Å². The van der Waals surface area contributed by atoms with E-state index in [4.69, 9.17) is 14.6 Å². The van der Waals surface area contributed by atoms with E-state index >= 15 is 0 Å². The fourth-order valence-electron chi connectivity index (χ4n) is 1.91. The number of carboxylic acid groups (broad SMARTS) is 1. The molecule has 0 amide bonds. The number of thioether (sulfide) groups is 1. The minimum absolute atomic E-state index is 0.136. The van der Waals surface area contributed by atoms with Crippen LogP contribution in [0, 0.1) is 0 Å². The molecule has 1 N–H and O–H groups in total. The number of carbonyl (C=O) groups is 1. The summed E-state index contributed by atoms with van der Waals surface area (Å²) < 4.78 is 10.8. The molecule has 0 fully saturated rings. The number of aromatic carboxylic acids is 1. The first-order valence-corrected chi connectivity index (χ1v) is 7.54. The lowest BCUT2D eigenvalue weighted by Gasteiger charge is -2.11. The Labute approximate surface area is 127 Å². The van der Waals surface area contributed by atoms with Crippen LogP contribution in [0.5, 0.6) is 11.5 Å². The zero-order chi connectivity index (χ0) is 15.2. The molecule has 0 aliphatic carbocycles. The van der Waals surface area contributed by atoms with Crippen molar-refractivity contribution in [2.75, 3.05) is 13.4 Å². The number of hydrogen-bond donors (Lipinski definition) is 1. The molecule has 2 aromatic carbocycles. The Balaban J connectivity index is 2.17. The largest absolute Gasteiger partial charge is 0.496 e. The first kappa shape index (κ1) is 15.3. The molecular weight excluding hydrogens is 288 g/mol. The Bertz CT molecular complexity index is 640. The van der Waals surface area contributed by atoms with E-state index in [0.29, 0.717) is 12.4 Å². The SMILES string of the molecule is COc1ccc(COc2ccccc2SC)cc1C(=O)O. The highest BCUT2D eigenvalue weighted by atomic mass is 32.2. The fraction of sp³-hybridized carbons (Fsp3) is 0.188. The summed E-state index contributed by atoms with van der Waals surface area (Å²) in [4.78, 5) is 12.2. The van der Waals surface area contributed by atoms with Gasteiger partial charge in [-0.3, -0.25) is 0 Å². The maximum absolute atomic E-state index is 11.2. The second-order valence-electron chi connectivity index (χ2n) is 4.28. The van der Waals surface area contributed by atoms with Gasteiger partial charge in [-0.05, 0) is 36.1 Å². The molecule has 5 heteroatoms. The molecule has 0 bridgehead atoms. The van der Waals surface area contributed by atoms with Gasteiger partial charge in [0.2, 0.25) is 0 Å². The highest BCUT2D eigenvalue weighted by molar-refractivity contribution is 7.98. The topological polar surface area (TPSA) is 55.8 Å². The lowest BCUT2D eigenvalue weighted by molar-refractivity contribution is 0.0693. The molecule has 2 rings (SSSR count). The van der Waals surface area contributed by atoms with Gasteiger partial charge < -0.3 is 14.6 Å². The van der Waals surface area contributed by atoms with E-state index in [0.717, 1.165) is 16.2 Å². The van der Waals surface area contributed by atoms with Crippen LogP contribution in [0.3, 0.4) is 0 Å². The molecule has 4 nitrogen and oxygen atoms in total. The number of methoxy groups -OCH3 is 1. The Morgan fingerprint density at radius 1 is 1.19 bits per heavy atom. The third-order valence-electron chi connectivity index (χ3n) is 2.96. The third kappa shape index (κ3) is 3.70.